The minimum atomic E-state index is -3.68. The first kappa shape index (κ1) is 20.4. The van der Waals surface area contributed by atoms with Crippen LogP contribution in [0.1, 0.15) is 30.1 Å². The molecule has 0 saturated carbocycles. The SMILES string of the molecule is CCN1CCCC1CNC(=O)c1ccc(S(=O)(=O)N(C)c2ccccc2)cc1. The van der Waals surface area contributed by atoms with Crippen LogP contribution in [0.5, 0.6) is 0 Å². The number of sulfonamides is 1. The van der Waals surface area contributed by atoms with E-state index in [4.69, 9.17) is 0 Å². The van der Waals surface area contributed by atoms with E-state index in [1.807, 2.05) is 6.07 Å². The molecule has 0 radical (unpaired) electrons. The van der Waals surface area contributed by atoms with Crippen molar-refractivity contribution in [3.05, 3.63) is 60.2 Å². The topological polar surface area (TPSA) is 69.7 Å². The van der Waals surface area contributed by atoms with Gasteiger partial charge in [0.2, 0.25) is 0 Å². The number of nitrogens with one attached hydrogen (secondary N) is 1. The fourth-order valence-electron chi connectivity index (χ4n) is 3.57. The quantitative estimate of drug-likeness (QED) is 0.775. The van der Waals surface area contributed by atoms with E-state index >= 15 is 0 Å². The summed E-state index contributed by atoms with van der Waals surface area (Å²) in [5.41, 5.74) is 1.05. The summed E-state index contributed by atoms with van der Waals surface area (Å²) in [5, 5.41) is 2.97. The third-order valence-corrected chi connectivity index (χ3v) is 7.10. The fraction of sp³-hybridized carbons (Fsp3) is 0.381. The van der Waals surface area contributed by atoms with E-state index in [1.54, 1.807) is 36.4 Å². The number of likely N-dealkylation sites (N-methyl/N-ethyl adjacent to an activating group) is 1. The first-order valence-electron chi connectivity index (χ1n) is 9.59. The largest absolute Gasteiger partial charge is 0.350 e. The molecule has 0 aliphatic carbocycles. The maximum absolute atomic E-state index is 12.8. The van der Waals surface area contributed by atoms with Gasteiger partial charge in [0.15, 0.2) is 0 Å². The number of benzene rings is 2. The molecule has 28 heavy (non-hydrogen) atoms. The number of nitrogens with zero attached hydrogens (tertiary/aromatic N) is 2. The fourth-order valence-corrected chi connectivity index (χ4v) is 4.76. The highest BCUT2D eigenvalue weighted by Crippen LogP contribution is 2.22. The molecule has 1 saturated heterocycles. The molecule has 0 spiro atoms. The second-order valence-electron chi connectivity index (χ2n) is 6.97. The number of hydrogen-bond donors (Lipinski definition) is 1. The summed E-state index contributed by atoms with van der Waals surface area (Å²) in [4.78, 5) is 14.9. The Morgan fingerprint density at radius 1 is 1.14 bits per heavy atom. The highest BCUT2D eigenvalue weighted by atomic mass is 32.2. The van der Waals surface area contributed by atoms with Gasteiger partial charge in [-0.05, 0) is 62.3 Å². The predicted octanol–water partition coefficient (Wildman–Crippen LogP) is 2.73. The van der Waals surface area contributed by atoms with Gasteiger partial charge in [0, 0.05) is 25.2 Å². The average Bonchev–Trinajstić information content (AvgIpc) is 3.19. The molecule has 1 N–H and O–H groups in total. The van der Waals surface area contributed by atoms with E-state index in [9.17, 15) is 13.2 Å². The van der Waals surface area contributed by atoms with Crippen LogP contribution < -0.4 is 9.62 Å². The van der Waals surface area contributed by atoms with Gasteiger partial charge in [-0.1, -0.05) is 25.1 Å². The lowest BCUT2D eigenvalue weighted by Crippen LogP contribution is -2.40. The van der Waals surface area contributed by atoms with Crippen molar-refractivity contribution in [2.75, 3.05) is 31.0 Å². The number of carbonyl (C=O) groups excluding carboxylic acids is 1. The van der Waals surface area contributed by atoms with Crippen LogP contribution in [0.3, 0.4) is 0 Å². The molecule has 1 unspecified atom stereocenters. The maximum atomic E-state index is 12.8. The molecule has 0 aromatic heterocycles. The summed E-state index contributed by atoms with van der Waals surface area (Å²) in [6.07, 6.45) is 2.26. The Bertz CT molecular complexity index is 898. The molecule has 1 aliphatic heterocycles. The van der Waals surface area contributed by atoms with E-state index in [1.165, 1.54) is 23.5 Å². The molecule has 2 aromatic carbocycles. The number of amides is 1. The van der Waals surface area contributed by atoms with Crippen molar-refractivity contribution in [3.63, 3.8) is 0 Å². The van der Waals surface area contributed by atoms with Gasteiger partial charge in [-0.2, -0.15) is 0 Å². The number of carbonyl (C=O) groups is 1. The van der Waals surface area contributed by atoms with Crippen molar-refractivity contribution in [2.45, 2.75) is 30.7 Å². The molecule has 1 amide bonds. The van der Waals surface area contributed by atoms with Crippen molar-refractivity contribution < 1.29 is 13.2 Å². The van der Waals surface area contributed by atoms with Gasteiger partial charge in [-0.15, -0.1) is 0 Å². The number of para-hydroxylation sites is 1. The van der Waals surface area contributed by atoms with E-state index in [0.717, 1.165) is 25.9 Å². The second kappa shape index (κ2) is 8.75. The minimum Gasteiger partial charge on any atom is -0.350 e. The molecule has 3 rings (SSSR count). The third-order valence-electron chi connectivity index (χ3n) is 5.30. The molecule has 0 bridgehead atoms. The highest BCUT2D eigenvalue weighted by molar-refractivity contribution is 7.92. The minimum absolute atomic E-state index is 0.156. The lowest BCUT2D eigenvalue weighted by molar-refractivity contribution is 0.0941. The summed E-state index contributed by atoms with van der Waals surface area (Å²) in [6.45, 7) is 4.82. The Hall–Kier alpha value is -2.38. The Kier molecular flexibility index (Phi) is 6.36. The van der Waals surface area contributed by atoms with E-state index in [-0.39, 0.29) is 10.8 Å². The Morgan fingerprint density at radius 3 is 2.46 bits per heavy atom. The smallest absolute Gasteiger partial charge is 0.264 e. The van der Waals surface area contributed by atoms with Gasteiger partial charge in [0.25, 0.3) is 15.9 Å². The Balaban J connectivity index is 1.66. The number of hydrogen-bond acceptors (Lipinski definition) is 4. The van der Waals surface area contributed by atoms with Crippen LogP contribution in [-0.4, -0.2) is 51.9 Å². The van der Waals surface area contributed by atoms with Crippen LogP contribution in [0.4, 0.5) is 5.69 Å². The molecule has 1 heterocycles. The van der Waals surface area contributed by atoms with E-state index in [2.05, 4.69) is 17.1 Å². The number of rotatable bonds is 7. The van der Waals surface area contributed by atoms with Gasteiger partial charge in [-0.25, -0.2) is 8.42 Å². The van der Waals surface area contributed by atoms with Crippen molar-refractivity contribution in [3.8, 4) is 0 Å². The monoisotopic (exact) mass is 401 g/mol. The highest BCUT2D eigenvalue weighted by Gasteiger charge is 2.24. The standard InChI is InChI=1S/C21H27N3O3S/c1-3-24-15-7-10-19(24)16-22-21(25)17-11-13-20(14-12-17)28(26,27)23(2)18-8-5-4-6-9-18/h4-6,8-9,11-14,19H,3,7,10,15-16H2,1-2H3,(H,22,25). The van der Waals surface area contributed by atoms with E-state index < -0.39 is 10.0 Å². The van der Waals surface area contributed by atoms with Crippen molar-refractivity contribution in [1.82, 2.24) is 10.2 Å². The molecular weight excluding hydrogens is 374 g/mol. The van der Waals surface area contributed by atoms with Crippen LogP contribution in [0.15, 0.2) is 59.5 Å². The molecule has 150 valence electrons. The molecule has 1 atom stereocenters. The van der Waals surface area contributed by atoms with E-state index in [0.29, 0.717) is 23.8 Å². The van der Waals surface area contributed by atoms with Gasteiger partial charge in [-0.3, -0.25) is 14.0 Å². The van der Waals surface area contributed by atoms with Crippen LogP contribution in [0.2, 0.25) is 0 Å². The zero-order valence-electron chi connectivity index (χ0n) is 16.3. The average molecular weight is 402 g/mol. The molecule has 1 aliphatic rings. The lowest BCUT2D eigenvalue weighted by atomic mass is 10.2. The summed E-state index contributed by atoms with van der Waals surface area (Å²) >= 11 is 0. The molecule has 7 heteroatoms. The Labute approximate surface area is 167 Å². The van der Waals surface area contributed by atoms with Gasteiger partial charge >= 0.3 is 0 Å². The van der Waals surface area contributed by atoms with Gasteiger partial charge < -0.3 is 5.32 Å². The summed E-state index contributed by atoms with van der Waals surface area (Å²) < 4.78 is 26.8. The summed E-state index contributed by atoms with van der Waals surface area (Å²) in [6, 6.07) is 15.4. The number of likely N-dealkylation sites (tertiary alicyclic amines) is 1. The van der Waals surface area contributed by atoms with Crippen molar-refractivity contribution in [1.29, 1.82) is 0 Å². The van der Waals surface area contributed by atoms with Crippen LogP contribution in [0, 0.1) is 0 Å². The van der Waals surface area contributed by atoms with Gasteiger partial charge in [0.1, 0.15) is 0 Å². The zero-order valence-corrected chi connectivity index (χ0v) is 17.2. The normalized spacial score (nSPS) is 17.4. The van der Waals surface area contributed by atoms with Crippen LogP contribution in [0.25, 0.3) is 0 Å². The second-order valence-corrected chi connectivity index (χ2v) is 8.94. The van der Waals surface area contributed by atoms with Crippen molar-refractivity contribution >= 4 is 21.6 Å². The predicted molar refractivity (Wildman–Crippen MR) is 111 cm³/mol. The molecule has 6 nitrogen and oxygen atoms in total. The molecular formula is C21H27N3O3S. The third kappa shape index (κ3) is 4.36. The maximum Gasteiger partial charge on any atom is 0.264 e. The summed E-state index contributed by atoms with van der Waals surface area (Å²) in [5.74, 6) is -0.177. The van der Waals surface area contributed by atoms with Crippen LogP contribution in [-0.2, 0) is 10.0 Å². The first-order valence-corrected chi connectivity index (χ1v) is 11.0. The van der Waals surface area contributed by atoms with Crippen molar-refractivity contribution in [2.24, 2.45) is 0 Å². The molecule has 2 aromatic rings. The summed E-state index contributed by atoms with van der Waals surface area (Å²) in [7, 11) is -2.16. The Morgan fingerprint density at radius 2 is 1.82 bits per heavy atom. The zero-order chi connectivity index (χ0) is 20.1. The van der Waals surface area contributed by atoms with Gasteiger partial charge in [0.05, 0.1) is 10.6 Å². The van der Waals surface area contributed by atoms with Crippen LogP contribution >= 0.6 is 0 Å². The molecule has 1 fully saturated rings. The lowest BCUT2D eigenvalue weighted by Gasteiger charge is -2.23. The first-order chi connectivity index (χ1) is 13.4. The number of anilines is 1.